The number of nitrogens with zero attached hydrogens (tertiary/aromatic N) is 3. The van der Waals surface area contributed by atoms with Gasteiger partial charge in [0, 0.05) is 6.20 Å². The molecule has 3 N–H and O–H groups in total. The zero-order valence-corrected chi connectivity index (χ0v) is 8.01. The van der Waals surface area contributed by atoms with E-state index in [-0.39, 0.29) is 11.9 Å². The van der Waals surface area contributed by atoms with Crippen LogP contribution in [0, 0.1) is 0 Å². The summed E-state index contributed by atoms with van der Waals surface area (Å²) in [5.74, 6) is 0.242. The molecule has 0 bridgehead atoms. The lowest BCUT2D eigenvalue weighted by molar-refractivity contribution is 0.231. The third-order valence-electron chi connectivity index (χ3n) is 1.41. The molecule has 14 heavy (non-hydrogen) atoms. The lowest BCUT2D eigenvalue weighted by Gasteiger charge is -2.10. The van der Waals surface area contributed by atoms with Crippen molar-refractivity contribution in [1.29, 1.82) is 0 Å². The van der Waals surface area contributed by atoms with Crippen LogP contribution in [-0.2, 0) is 0 Å². The van der Waals surface area contributed by atoms with E-state index in [1.807, 2.05) is 13.8 Å². The Hall–Kier alpha value is -1.85. The Kier molecular flexibility index (Phi) is 3.22. The molecule has 0 aromatic carbocycles. The molecule has 1 aromatic rings. The summed E-state index contributed by atoms with van der Waals surface area (Å²) >= 11 is 0. The lowest BCUT2D eigenvalue weighted by Crippen LogP contribution is -2.18. The quantitative estimate of drug-likeness (QED) is 0.315. The number of ether oxygens (including phenoxy) is 1. The van der Waals surface area contributed by atoms with Crippen LogP contribution in [0.1, 0.15) is 19.4 Å². The number of hydrogen-bond donors (Lipinski definition) is 2. The molecule has 0 spiro atoms. The third-order valence-corrected chi connectivity index (χ3v) is 1.41. The van der Waals surface area contributed by atoms with Crippen LogP contribution in [0.3, 0.4) is 0 Å². The van der Waals surface area contributed by atoms with Crippen LogP contribution in [0.5, 0.6) is 5.88 Å². The minimum atomic E-state index is -0.0683. The Bertz CT molecular complexity index is 338. The SMILES string of the molecule is CC(C)Oc1ncncc1/C(N)=N/O. The van der Waals surface area contributed by atoms with Gasteiger partial charge in [0.2, 0.25) is 5.88 Å². The van der Waals surface area contributed by atoms with Gasteiger partial charge in [-0.2, -0.15) is 0 Å². The van der Waals surface area contributed by atoms with Gasteiger partial charge in [0.05, 0.1) is 6.10 Å². The molecule has 0 radical (unpaired) electrons. The van der Waals surface area contributed by atoms with E-state index in [9.17, 15) is 0 Å². The first-order chi connectivity index (χ1) is 6.65. The molecule has 0 amide bonds. The van der Waals surface area contributed by atoms with Crippen LogP contribution >= 0.6 is 0 Å². The normalized spacial score (nSPS) is 11.8. The molecule has 0 fully saturated rings. The van der Waals surface area contributed by atoms with Crippen molar-refractivity contribution >= 4 is 5.84 Å². The molecule has 6 heteroatoms. The number of hydrogen-bond acceptors (Lipinski definition) is 5. The number of amidine groups is 1. The zero-order valence-electron chi connectivity index (χ0n) is 8.01. The van der Waals surface area contributed by atoms with E-state index in [4.69, 9.17) is 15.7 Å². The molecule has 1 aromatic heterocycles. The van der Waals surface area contributed by atoms with E-state index in [0.717, 1.165) is 0 Å². The van der Waals surface area contributed by atoms with Crippen LogP contribution < -0.4 is 10.5 Å². The molecular weight excluding hydrogens is 184 g/mol. The molecule has 0 saturated heterocycles. The molecule has 6 nitrogen and oxygen atoms in total. The average Bonchev–Trinajstić information content (AvgIpc) is 2.16. The van der Waals surface area contributed by atoms with Crippen molar-refractivity contribution < 1.29 is 9.94 Å². The van der Waals surface area contributed by atoms with Gasteiger partial charge in [-0.1, -0.05) is 5.16 Å². The number of rotatable bonds is 3. The number of oxime groups is 1. The van der Waals surface area contributed by atoms with E-state index in [2.05, 4.69) is 15.1 Å². The second kappa shape index (κ2) is 4.40. The zero-order chi connectivity index (χ0) is 10.6. The maximum atomic E-state index is 8.50. The van der Waals surface area contributed by atoms with E-state index in [1.54, 1.807) is 0 Å². The molecule has 0 aliphatic rings. The van der Waals surface area contributed by atoms with Crippen molar-refractivity contribution in [2.45, 2.75) is 20.0 Å². The maximum absolute atomic E-state index is 8.50. The summed E-state index contributed by atoms with van der Waals surface area (Å²) in [6, 6.07) is 0. The Morgan fingerprint density at radius 1 is 1.64 bits per heavy atom. The van der Waals surface area contributed by atoms with E-state index >= 15 is 0 Å². The molecule has 0 atom stereocenters. The van der Waals surface area contributed by atoms with E-state index < -0.39 is 0 Å². The molecule has 1 rings (SSSR count). The highest BCUT2D eigenvalue weighted by Crippen LogP contribution is 2.13. The Balaban J connectivity index is 3.03. The van der Waals surface area contributed by atoms with Gasteiger partial charge in [0.1, 0.15) is 11.9 Å². The van der Waals surface area contributed by atoms with Crippen molar-refractivity contribution in [2.75, 3.05) is 0 Å². The van der Waals surface area contributed by atoms with Crippen molar-refractivity contribution in [3.8, 4) is 5.88 Å². The van der Waals surface area contributed by atoms with E-state index in [1.165, 1.54) is 12.5 Å². The standard InChI is InChI=1S/C8H12N4O2/c1-5(2)14-8-6(7(9)12-13)3-10-4-11-8/h3-5,13H,1-2H3,(H2,9,12). The molecule has 0 aliphatic carbocycles. The first-order valence-corrected chi connectivity index (χ1v) is 4.09. The van der Waals surface area contributed by atoms with Crippen molar-refractivity contribution in [1.82, 2.24) is 9.97 Å². The van der Waals surface area contributed by atoms with Gasteiger partial charge >= 0.3 is 0 Å². The van der Waals surface area contributed by atoms with Crippen molar-refractivity contribution in [3.05, 3.63) is 18.1 Å². The molecule has 76 valence electrons. The fraction of sp³-hybridized carbons (Fsp3) is 0.375. The van der Waals surface area contributed by atoms with Crippen LogP contribution in [0.2, 0.25) is 0 Å². The monoisotopic (exact) mass is 196 g/mol. The third kappa shape index (κ3) is 2.32. The summed E-state index contributed by atoms with van der Waals surface area (Å²) in [5.41, 5.74) is 5.79. The van der Waals surface area contributed by atoms with Crippen LogP contribution in [-0.4, -0.2) is 27.1 Å². The Labute approximate surface area is 81.4 Å². The van der Waals surface area contributed by atoms with Gasteiger partial charge < -0.3 is 15.7 Å². The minimum absolute atomic E-state index is 0.0323. The number of nitrogens with two attached hydrogens (primary N) is 1. The topological polar surface area (TPSA) is 93.6 Å². The second-order valence-corrected chi connectivity index (χ2v) is 2.89. The van der Waals surface area contributed by atoms with Gasteiger partial charge in [0.25, 0.3) is 0 Å². The first kappa shape index (κ1) is 10.2. The highest BCUT2D eigenvalue weighted by Gasteiger charge is 2.10. The molecule has 0 unspecified atom stereocenters. The first-order valence-electron chi connectivity index (χ1n) is 4.09. The van der Waals surface area contributed by atoms with Gasteiger partial charge in [-0.15, -0.1) is 0 Å². The van der Waals surface area contributed by atoms with Crippen molar-refractivity contribution in [3.63, 3.8) is 0 Å². The second-order valence-electron chi connectivity index (χ2n) is 2.89. The summed E-state index contributed by atoms with van der Waals surface area (Å²) in [6.45, 7) is 3.72. The molecule has 1 heterocycles. The number of aromatic nitrogens is 2. The summed E-state index contributed by atoms with van der Waals surface area (Å²) in [6.07, 6.45) is 2.74. The highest BCUT2D eigenvalue weighted by atomic mass is 16.5. The summed E-state index contributed by atoms with van der Waals surface area (Å²) in [4.78, 5) is 7.64. The molecule has 0 aliphatic heterocycles. The van der Waals surface area contributed by atoms with Crippen LogP contribution in [0.4, 0.5) is 0 Å². The largest absolute Gasteiger partial charge is 0.474 e. The Morgan fingerprint density at radius 2 is 2.36 bits per heavy atom. The summed E-state index contributed by atoms with van der Waals surface area (Å²) in [7, 11) is 0. The van der Waals surface area contributed by atoms with Crippen LogP contribution in [0.15, 0.2) is 17.7 Å². The van der Waals surface area contributed by atoms with Crippen LogP contribution in [0.25, 0.3) is 0 Å². The lowest BCUT2D eigenvalue weighted by atomic mass is 10.3. The summed E-state index contributed by atoms with van der Waals surface area (Å²) in [5, 5.41) is 11.4. The maximum Gasteiger partial charge on any atom is 0.228 e. The fourth-order valence-corrected chi connectivity index (χ4v) is 0.865. The minimum Gasteiger partial charge on any atom is -0.474 e. The molecular formula is C8H12N4O2. The smallest absolute Gasteiger partial charge is 0.228 e. The highest BCUT2D eigenvalue weighted by molar-refractivity contribution is 5.98. The summed E-state index contributed by atoms with van der Waals surface area (Å²) < 4.78 is 5.35. The predicted molar refractivity (Wildman–Crippen MR) is 50.3 cm³/mol. The molecule has 0 saturated carbocycles. The van der Waals surface area contributed by atoms with Gasteiger partial charge in [-0.25, -0.2) is 9.97 Å². The van der Waals surface area contributed by atoms with Crippen molar-refractivity contribution in [2.24, 2.45) is 10.9 Å². The Morgan fingerprint density at radius 3 is 2.93 bits per heavy atom. The van der Waals surface area contributed by atoms with Gasteiger partial charge in [-0.05, 0) is 13.8 Å². The van der Waals surface area contributed by atoms with E-state index in [0.29, 0.717) is 11.4 Å². The predicted octanol–water partition coefficient (Wildman–Crippen LogP) is 0.358. The van der Waals surface area contributed by atoms with Gasteiger partial charge in [-0.3, -0.25) is 0 Å². The van der Waals surface area contributed by atoms with Gasteiger partial charge in [0.15, 0.2) is 5.84 Å². The fourth-order valence-electron chi connectivity index (χ4n) is 0.865. The average molecular weight is 196 g/mol.